The van der Waals surface area contributed by atoms with Crippen molar-refractivity contribution in [1.29, 1.82) is 0 Å². The minimum absolute atomic E-state index is 0.305. The number of piperazine rings is 1. The van der Waals surface area contributed by atoms with Crippen LogP contribution >= 0.6 is 23.2 Å². The number of anilines is 3. The van der Waals surface area contributed by atoms with Crippen molar-refractivity contribution in [3.63, 3.8) is 0 Å². The molecule has 8 nitrogen and oxygen atoms in total. The molecule has 1 fully saturated rings. The molecule has 2 aromatic heterocycles. The summed E-state index contributed by atoms with van der Waals surface area (Å²) in [5.41, 5.74) is 2.69. The molecule has 1 aliphatic rings. The second kappa shape index (κ2) is 10.6. The van der Waals surface area contributed by atoms with Crippen LogP contribution in [0.3, 0.4) is 0 Å². The Kier molecular flexibility index (Phi) is 7.24. The largest absolute Gasteiger partial charge is 0.412 e. The summed E-state index contributed by atoms with van der Waals surface area (Å²) in [6.45, 7) is 8.63. The minimum Gasteiger partial charge on any atom is -0.412 e. The summed E-state index contributed by atoms with van der Waals surface area (Å²) < 4.78 is 1.12. The second-order valence-corrected chi connectivity index (χ2v) is 10.0. The van der Waals surface area contributed by atoms with Crippen LogP contribution in [0.5, 0.6) is 0 Å². The molecule has 0 radical (unpaired) electrons. The minimum atomic E-state index is -0.420. The van der Waals surface area contributed by atoms with Crippen molar-refractivity contribution in [2.75, 3.05) is 43.5 Å². The summed E-state index contributed by atoms with van der Waals surface area (Å²) in [5, 5.41) is 4.57. The molecule has 192 valence electrons. The molecule has 2 aromatic carbocycles. The van der Waals surface area contributed by atoms with E-state index in [1.807, 2.05) is 12.1 Å². The monoisotopic (exact) mass is 538 g/mol. The van der Waals surface area contributed by atoms with E-state index >= 15 is 0 Å². The first-order valence-electron chi connectivity index (χ1n) is 12.1. The van der Waals surface area contributed by atoms with E-state index in [4.69, 9.17) is 28.0 Å². The van der Waals surface area contributed by atoms with Gasteiger partial charge in [-0.15, -0.1) is 4.73 Å². The Morgan fingerprint density at radius 2 is 1.68 bits per heavy atom. The molecule has 0 saturated carbocycles. The Hall–Kier alpha value is -3.33. The average molecular weight is 539 g/mol. The van der Waals surface area contributed by atoms with Gasteiger partial charge in [-0.25, -0.2) is 4.98 Å². The molecule has 0 amide bonds. The van der Waals surface area contributed by atoms with Gasteiger partial charge in [0.25, 0.3) is 5.56 Å². The fraction of sp³-hybridized carbons (Fsp3) is 0.296. The third kappa shape index (κ3) is 5.09. The van der Waals surface area contributed by atoms with E-state index in [0.29, 0.717) is 44.2 Å². The van der Waals surface area contributed by atoms with E-state index < -0.39 is 5.56 Å². The third-order valence-corrected chi connectivity index (χ3v) is 7.28. The number of pyridine rings is 1. The molecule has 0 unspecified atom stereocenters. The standard InChI is InChI=1S/C27H28Cl2N6O2/c1-17(2)33-11-13-34(14-12-33)20-9-7-19(8-10-20)31-27-30-16-18-15-21(24-22(28)5-4-6-23(24)29)26(36)35(37-3)25(18)32-27/h4-10,15-17H,11-14H2,1-3H3,(H,30,31,32). The fourth-order valence-corrected chi connectivity index (χ4v) is 5.22. The van der Waals surface area contributed by atoms with E-state index in [0.717, 1.165) is 36.6 Å². The molecule has 10 heteroatoms. The zero-order valence-electron chi connectivity index (χ0n) is 20.9. The van der Waals surface area contributed by atoms with Crippen LogP contribution in [0.4, 0.5) is 17.3 Å². The van der Waals surface area contributed by atoms with Crippen LogP contribution in [-0.4, -0.2) is 58.9 Å². The number of hydrogen-bond acceptors (Lipinski definition) is 7. The van der Waals surface area contributed by atoms with E-state index in [-0.39, 0.29) is 0 Å². The van der Waals surface area contributed by atoms with Gasteiger partial charge in [0.05, 0.1) is 15.6 Å². The summed E-state index contributed by atoms with van der Waals surface area (Å²) in [6, 6.07) is 15.5. The third-order valence-electron chi connectivity index (χ3n) is 6.65. The van der Waals surface area contributed by atoms with Crippen LogP contribution in [0.2, 0.25) is 10.0 Å². The summed E-state index contributed by atoms with van der Waals surface area (Å²) in [7, 11) is 1.41. The van der Waals surface area contributed by atoms with Gasteiger partial charge in [-0.2, -0.15) is 4.98 Å². The first kappa shape index (κ1) is 25.3. The highest BCUT2D eigenvalue weighted by molar-refractivity contribution is 6.39. The predicted molar refractivity (Wildman–Crippen MR) is 150 cm³/mol. The van der Waals surface area contributed by atoms with Crippen LogP contribution in [0.15, 0.2) is 59.5 Å². The van der Waals surface area contributed by atoms with Crippen molar-refractivity contribution in [3.05, 3.63) is 75.1 Å². The quantitative estimate of drug-likeness (QED) is 0.366. The number of fused-ring (bicyclic) bond motifs is 1. The number of aromatic nitrogens is 3. The lowest BCUT2D eigenvalue weighted by Gasteiger charge is -2.38. The summed E-state index contributed by atoms with van der Waals surface area (Å²) in [6.07, 6.45) is 1.64. The Morgan fingerprint density at radius 3 is 2.30 bits per heavy atom. The van der Waals surface area contributed by atoms with Gasteiger partial charge in [-0.1, -0.05) is 29.3 Å². The van der Waals surface area contributed by atoms with Gasteiger partial charge < -0.3 is 15.1 Å². The lowest BCUT2D eigenvalue weighted by molar-refractivity contribution is 0.168. The Labute approximate surface area is 225 Å². The summed E-state index contributed by atoms with van der Waals surface area (Å²) in [5.74, 6) is 0.347. The fourth-order valence-electron chi connectivity index (χ4n) is 4.61. The number of rotatable bonds is 6. The topological polar surface area (TPSA) is 75.5 Å². The molecule has 0 aliphatic carbocycles. The van der Waals surface area contributed by atoms with E-state index in [1.54, 1.807) is 30.5 Å². The second-order valence-electron chi connectivity index (χ2n) is 9.20. The van der Waals surface area contributed by atoms with Crippen LogP contribution in [-0.2, 0) is 0 Å². The zero-order valence-corrected chi connectivity index (χ0v) is 22.4. The van der Waals surface area contributed by atoms with Gasteiger partial charge in [0.2, 0.25) is 5.95 Å². The van der Waals surface area contributed by atoms with Crippen molar-refractivity contribution >= 4 is 51.6 Å². The number of nitrogens with one attached hydrogen (secondary N) is 1. The Balaban J connectivity index is 1.40. The lowest BCUT2D eigenvalue weighted by atomic mass is 10.1. The van der Waals surface area contributed by atoms with E-state index in [2.05, 4.69) is 51.1 Å². The zero-order chi connectivity index (χ0) is 26.1. The highest BCUT2D eigenvalue weighted by atomic mass is 35.5. The van der Waals surface area contributed by atoms with Crippen molar-refractivity contribution in [1.82, 2.24) is 19.6 Å². The predicted octanol–water partition coefficient (Wildman–Crippen LogP) is 5.10. The maximum Gasteiger partial charge on any atom is 0.293 e. The van der Waals surface area contributed by atoms with Crippen molar-refractivity contribution < 1.29 is 4.84 Å². The molecule has 0 atom stereocenters. The number of nitrogens with zero attached hydrogens (tertiary/aromatic N) is 5. The van der Waals surface area contributed by atoms with Gasteiger partial charge in [-0.05, 0) is 56.3 Å². The smallest absolute Gasteiger partial charge is 0.293 e. The SMILES string of the molecule is COn1c(=O)c(-c2c(Cl)cccc2Cl)cc2cnc(Nc3ccc(N4CCN(C(C)C)CC4)cc3)nc21. The molecule has 4 aromatic rings. The normalized spacial score (nSPS) is 14.4. The highest BCUT2D eigenvalue weighted by Crippen LogP contribution is 2.34. The van der Waals surface area contributed by atoms with Gasteiger partial charge in [0, 0.05) is 60.7 Å². The van der Waals surface area contributed by atoms with Crippen LogP contribution in [0.1, 0.15) is 13.8 Å². The Bertz CT molecular complexity index is 1460. The van der Waals surface area contributed by atoms with Gasteiger partial charge in [-0.3, -0.25) is 9.69 Å². The van der Waals surface area contributed by atoms with Crippen LogP contribution < -0.4 is 20.6 Å². The van der Waals surface area contributed by atoms with E-state index in [1.165, 1.54) is 12.8 Å². The molecule has 37 heavy (non-hydrogen) atoms. The molecular weight excluding hydrogens is 511 g/mol. The highest BCUT2D eigenvalue weighted by Gasteiger charge is 2.20. The van der Waals surface area contributed by atoms with Gasteiger partial charge in [0.15, 0.2) is 5.65 Å². The maximum atomic E-state index is 13.3. The van der Waals surface area contributed by atoms with Crippen LogP contribution in [0, 0.1) is 0 Å². The van der Waals surface area contributed by atoms with Gasteiger partial charge in [0.1, 0.15) is 7.11 Å². The molecule has 5 rings (SSSR count). The average Bonchev–Trinajstić information content (AvgIpc) is 2.89. The summed E-state index contributed by atoms with van der Waals surface area (Å²) >= 11 is 12.7. The molecule has 3 heterocycles. The van der Waals surface area contributed by atoms with Crippen molar-refractivity contribution in [2.45, 2.75) is 19.9 Å². The van der Waals surface area contributed by atoms with Crippen molar-refractivity contribution in [3.8, 4) is 11.1 Å². The molecule has 1 N–H and O–H groups in total. The van der Waals surface area contributed by atoms with E-state index in [9.17, 15) is 4.79 Å². The maximum absolute atomic E-state index is 13.3. The Morgan fingerprint density at radius 1 is 1.00 bits per heavy atom. The number of halogens is 2. The van der Waals surface area contributed by atoms with Crippen LogP contribution in [0.25, 0.3) is 22.2 Å². The molecule has 1 saturated heterocycles. The molecular formula is C27H28Cl2N6O2. The molecule has 1 aliphatic heterocycles. The lowest BCUT2D eigenvalue weighted by Crippen LogP contribution is -2.48. The molecule has 0 bridgehead atoms. The summed E-state index contributed by atoms with van der Waals surface area (Å²) in [4.78, 5) is 32.6. The van der Waals surface area contributed by atoms with Gasteiger partial charge >= 0.3 is 0 Å². The first-order chi connectivity index (χ1) is 17.9. The number of hydrogen-bond donors (Lipinski definition) is 1. The number of benzene rings is 2. The molecule has 0 spiro atoms. The first-order valence-corrected chi connectivity index (χ1v) is 12.9. The van der Waals surface area contributed by atoms with Crippen molar-refractivity contribution in [2.24, 2.45) is 0 Å².